The van der Waals surface area contributed by atoms with Crippen molar-refractivity contribution in [1.82, 2.24) is 0 Å². The molecule has 1 unspecified atom stereocenters. The monoisotopic (exact) mass is 428 g/mol. The Labute approximate surface area is 190 Å². The zero-order valence-corrected chi connectivity index (χ0v) is 20.9. The maximum absolute atomic E-state index is 12.0. The molecule has 0 fully saturated rings. The highest BCUT2D eigenvalue weighted by Crippen LogP contribution is 2.46. The second-order valence-electron chi connectivity index (χ2n) is 10.4. The Hall–Kier alpha value is -1.61. The van der Waals surface area contributed by atoms with Crippen LogP contribution in [0.2, 0.25) is 0 Å². The summed E-state index contributed by atoms with van der Waals surface area (Å²) >= 11 is 0. The van der Waals surface area contributed by atoms with Gasteiger partial charge in [-0.3, -0.25) is 4.79 Å². The van der Waals surface area contributed by atoms with Gasteiger partial charge < -0.3 is 9.84 Å². The van der Waals surface area contributed by atoms with Gasteiger partial charge in [-0.25, -0.2) is 0 Å². The van der Waals surface area contributed by atoms with E-state index in [4.69, 9.17) is 4.74 Å². The van der Waals surface area contributed by atoms with E-state index in [1.54, 1.807) is 0 Å². The summed E-state index contributed by atoms with van der Waals surface area (Å²) in [4.78, 5) is 12.0. The van der Waals surface area contributed by atoms with Crippen molar-refractivity contribution < 1.29 is 14.6 Å². The summed E-state index contributed by atoms with van der Waals surface area (Å²) < 4.78 is 5.82. The lowest BCUT2D eigenvalue weighted by Crippen LogP contribution is -2.24. The molecule has 0 spiro atoms. The number of ether oxygens (including phenoxy) is 1. The van der Waals surface area contributed by atoms with Crippen LogP contribution in [0.5, 0.6) is 5.75 Å². The van der Waals surface area contributed by atoms with E-state index < -0.39 is 0 Å². The van der Waals surface area contributed by atoms with Crippen LogP contribution in [0.4, 0.5) is 0 Å². The molecule has 0 heterocycles. The largest absolute Gasteiger partial charge is 0.426 e. The summed E-state index contributed by atoms with van der Waals surface area (Å²) in [5.41, 5.74) is 4.66. The van der Waals surface area contributed by atoms with Crippen molar-refractivity contribution in [1.29, 1.82) is 0 Å². The van der Waals surface area contributed by atoms with Crippen molar-refractivity contribution in [3.63, 3.8) is 0 Å². The number of unbranched alkanes of at least 4 members (excludes halogenated alkanes) is 3. The fourth-order valence-electron chi connectivity index (χ4n) is 5.13. The summed E-state index contributed by atoms with van der Waals surface area (Å²) in [6.45, 7) is 15.1. The lowest BCUT2D eigenvalue weighted by atomic mass is 9.70. The molecule has 1 aliphatic rings. The Bertz CT molecular complexity index is 773. The third-order valence-corrected chi connectivity index (χ3v) is 7.11. The predicted molar refractivity (Wildman–Crippen MR) is 130 cm³/mol. The van der Waals surface area contributed by atoms with Crippen molar-refractivity contribution in [2.45, 2.75) is 105 Å². The normalized spacial score (nSPS) is 19.5. The molecular formula is C28H44O3. The van der Waals surface area contributed by atoms with Crippen LogP contribution in [0.15, 0.2) is 23.8 Å². The number of carbonyl (C=O) groups excluding carboxylic acids is 1. The molecule has 0 saturated heterocycles. The number of hydrogen-bond acceptors (Lipinski definition) is 3. The molecule has 0 saturated carbocycles. The van der Waals surface area contributed by atoms with E-state index in [2.05, 4.69) is 59.8 Å². The van der Waals surface area contributed by atoms with Crippen molar-refractivity contribution >= 4 is 5.97 Å². The second kappa shape index (κ2) is 11.3. The first-order valence-electron chi connectivity index (χ1n) is 12.2. The third kappa shape index (κ3) is 6.68. The molecule has 1 N–H and O–H groups in total. The molecule has 174 valence electrons. The van der Waals surface area contributed by atoms with Gasteiger partial charge in [0.2, 0.25) is 0 Å². The van der Waals surface area contributed by atoms with Crippen LogP contribution < -0.4 is 4.74 Å². The minimum absolute atomic E-state index is 0.0298. The van der Waals surface area contributed by atoms with Crippen molar-refractivity contribution in [3.05, 3.63) is 40.5 Å². The molecule has 2 atom stereocenters. The van der Waals surface area contributed by atoms with Gasteiger partial charge in [0, 0.05) is 18.4 Å². The van der Waals surface area contributed by atoms with E-state index >= 15 is 0 Å². The zero-order valence-electron chi connectivity index (χ0n) is 20.9. The first kappa shape index (κ1) is 25.6. The number of aliphatic hydroxyl groups is 1. The summed E-state index contributed by atoms with van der Waals surface area (Å²) in [6, 6.07) is 4.42. The van der Waals surface area contributed by atoms with Crippen LogP contribution in [-0.2, 0) is 10.2 Å². The lowest BCUT2D eigenvalue weighted by molar-refractivity contribution is -0.131. The fraction of sp³-hybridized carbons (Fsp3) is 0.679. The molecule has 1 aromatic carbocycles. The Balaban J connectivity index is 2.51. The van der Waals surface area contributed by atoms with Crippen LogP contribution in [0.3, 0.4) is 0 Å². The minimum Gasteiger partial charge on any atom is -0.426 e. The number of hydrogen-bond donors (Lipinski definition) is 1. The zero-order chi connectivity index (χ0) is 23.2. The van der Waals surface area contributed by atoms with Crippen molar-refractivity contribution in [3.8, 4) is 5.75 Å². The van der Waals surface area contributed by atoms with E-state index in [0.717, 1.165) is 30.4 Å². The molecule has 0 radical (unpaired) electrons. The number of rotatable bonds is 10. The maximum Gasteiger partial charge on any atom is 0.308 e. The van der Waals surface area contributed by atoms with E-state index in [1.165, 1.54) is 43.7 Å². The standard InChI is InChI=1S/C28H44O3/c1-8-9-10-11-14-28(6,7)23-15-20(4)27(26(17-23)31-21(5)30)25-16-22(18-29)12-13-24(25)19(2)3/h15-17,19,24-25,29H,8-14,18H2,1-7H3/t24-,25?/m0/s1. The molecule has 0 amide bonds. The fourth-order valence-corrected chi connectivity index (χ4v) is 5.13. The molecule has 1 aliphatic carbocycles. The van der Waals surface area contributed by atoms with E-state index in [0.29, 0.717) is 17.6 Å². The van der Waals surface area contributed by atoms with Crippen LogP contribution in [0, 0.1) is 18.8 Å². The van der Waals surface area contributed by atoms with Gasteiger partial charge in [0.05, 0.1) is 6.61 Å². The van der Waals surface area contributed by atoms with Crippen LogP contribution >= 0.6 is 0 Å². The van der Waals surface area contributed by atoms with Crippen LogP contribution in [0.25, 0.3) is 0 Å². The summed E-state index contributed by atoms with van der Waals surface area (Å²) in [5.74, 6) is 1.57. The smallest absolute Gasteiger partial charge is 0.308 e. The quantitative estimate of drug-likeness (QED) is 0.185. The third-order valence-electron chi connectivity index (χ3n) is 7.11. The summed E-state index contributed by atoms with van der Waals surface area (Å²) in [5, 5.41) is 9.78. The Morgan fingerprint density at radius 2 is 1.94 bits per heavy atom. The van der Waals surface area contributed by atoms with Crippen LogP contribution in [-0.4, -0.2) is 17.7 Å². The predicted octanol–water partition coefficient (Wildman–Crippen LogP) is 7.24. The van der Waals surface area contributed by atoms with Gasteiger partial charge in [-0.05, 0) is 66.2 Å². The van der Waals surface area contributed by atoms with E-state index in [-0.39, 0.29) is 23.9 Å². The highest BCUT2D eigenvalue weighted by Gasteiger charge is 2.33. The molecule has 3 heteroatoms. The second-order valence-corrected chi connectivity index (χ2v) is 10.4. The molecule has 2 rings (SSSR count). The first-order valence-corrected chi connectivity index (χ1v) is 12.2. The van der Waals surface area contributed by atoms with Gasteiger partial charge >= 0.3 is 5.97 Å². The molecule has 0 bridgehead atoms. The molecule has 1 aromatic rings. The van der Waals surface area contributed by atoms with Crippen molar-refractivity contribution in [2.24, 2.45) is 11.8 Å². The Morgan fingerprint density at radius 1 is 1.23 bits per heavy atom. The lowest BCUT2D eigenvalue weighted by Gasteiger charge is -2.36. The number of allylic oxidation sites excluding steroid dienone is 1. The highest BCUT2D eigenvalue weighted by atomic mass is 16.5. The van der Waals surface area contributed by atoms with E-state index in [1.807, 2.05) is 0 Å². The minimum atomic E-state index is -0.276. The highest BCUT2D eigenvalue weighted by molar-refractivity contribution is 5.70. The van der Waals surface area contributed by atoms with Gasteiger partial charge in [0.1, 0.15) is 5.75 Å². The SMILES string of the molecule is CCCCCCC(C)(C)c1cc(C)c(C2C=C(CO)CC[C@H]2C(C)C)c(OC(C)=O)c1. The van der Waals surface area contributed by atoms with Gasteiger partial charge in [-0.15, -0.1) is 0 Å². The molecular weight excluding hydrogens is 384 g/mol. The average molecular weight is 429 g/mol. The van der Waals surface area contributed by atoms with Gasteiger partial charge in [0.15, 0.2) is 0 Å². The molecule has 31 heavy (non-hydrogen) atoms. The number of carbonyl (C=O) groups is 1. The summed E-state index contributed by atoms with van der Waals surface area (Å²) in [6.07, 6.45) is 10.4. The van der Waals surface area contributed by atoms with E-state index in [9.17, 15) is 9.90 Å². The first-order chi connectivity index (χ1) is 14.6. The van der Waals surface area contributed by atoms with Crippen molar-refractivity contribution in [2.75, 3.05) is 6.61 Å². The summed E-state index contributed by atoms with van der Waals surface area (Å²) in [7, 11) is 0. The Morgan fingerprint density at radius 3 is 2.52 bits per heavy atom. The van der Waals surface area contributed by atoms with Crippen LogP contribution in [0.1, 0.15) is 109 Å². The molecule has 0 aromatic heterocycles. The molecule has 3 nitrogen and oxygen atoms in total. The van der Waals surface area contributed by atoms with Gasteiger partial charge in [-0.1, -0.05) is 72.4 Å². The Kier molecular flexibility index (Phi) is 9.36. The molecule has 0 aliphatic heterocycles. The number of esters is 1. The average Bonchev–Trinajstić information content (AvgIpc) is 2.70. The number of benzene rings is 1. The van der Waals surface area contributed by atoms with Gasteiger partial charge in [-0.2, -0.15) is 0 Å². The maximum atomic E-state index is 12.0. The number of aryl methyl sites for hydroxylation is 1. The topological polar surface area (TPSA) is 46.5 Å². The number of aliphatic hydroxyl groups excluding tert-OH is 1. The van der Waals surface area contributed by atoms with Gasteiger partial charge in [0.25, 0.3) is 0 Å².